The number of pyridine rings is 1. The first-order valence-electron chi connectivity index (χ1n) is 12.1. The van der Waals surface area contributed by atoms with E-state index in [1.807, 2.05) is 32.9 Å². The maximum Gasteiger partial charge on any atom is 0.241 e. The van der Waals surface area contributed by atoms with Crippen LogP contribution in [0.15, 0.2) is 16.5 Å². The highest BCUT2D eigenvalue weighted by Gasteiger charge is 2.32. The lowest BCUT2D eigenvalue weighted by molar-refractivity contribution is 0.0803. The van der Waals surface area contributed by atoms with Crippen LogP contribution < -0.4 is 15.4 Å². The monoisotopic (exact) mass is 507 g/mol. The maximum absolute atomic E-state index is 13.3. The van der Waals surface area contributed by atoms with Gasteiger partial charge in [0, 0.05) is 30.0 Å². The fourth-order valence-electron chi connectivity index (χ4n) is 4.70. The van der Waals surface area contributed by atoms with Crippen molar-refractivity contribution in [3.05, 3.63) is 23.5 Å². The van der Waals surface area contributed by atoms with Crippen LogP contribution in [0.25, 0.3) is 22.3 Å². The molecule has 2 N–H and O–H groups in total. The minimum atomic E-state index is -2.29. The van der Waals surface area contributed by atoms with Gasteiger partial charge in [-0.15, -0.1) is 12.4 Å². The van der Waals surface area contributed by atoms with Gasteiger partial charge in [-0.25, -0.2) is 18.7 Å². The Morgan fingerprint density at radius 1 is 1.09 bits per heavy atom. The van der Waals surface area contributed by atoms with Gasteiger partial charge in [-0.2, -0.15) is 4.98 Å². The largest absolute Gasteiger partial charge is 0.478 e. The zero-order valence-electron chi connectivity index (χ0n) is 20.2. The number of aromatic nitrogens is 3. The molecule has 35 heavy (non-hydrogen) atoms. The van der Waals surface area contributed by atoms with Gasteiger partial charge in [0.2, 0.25) is 18.3 Å². The van der Waals surface area contributed by atoms with E-state index in [9.17, 15) is 8.78 Å². The van der Waals surface area contributed by atoms with Crippen LogP contribution in [0.1, 0.15) is 50.4 Å². The first-order valence-corrected chi connectivity index (χ1v) is 12.1. The van der Waals surface area contributed by atoms with Gasteiger partial charge < -0.3 is 19.8 Å². The number of hydrogen-bond acceptors (Lipinski definition) is 7. The highest BCUT2D eigenvalue weighted by atomic mass is 35.5. The highest BCUT2D eigenvalue weighted by Crippen LogP contribution is 2.39. The van der Waals surface area contributed by atoms with Crippen molar-refractivity contribution < 1.29 is 17.9 Å². The molecule has 3 aromatic rings. The fourth-order valence-corrected chi connectivity index (χ4v) is 4.70. The van der Waals surface area contributed by atoms with Gasteiger partial charge in [0.1, 0.15) is 11.6 Å². The molecule has 7 nitrogen and oxygen atoms in total. The van der Waals surface area contributed by atoms with E-state index in [4.69, 9.17) is 14.1 Å². The molecule has 10 heteroatoms. The van der Waals surface area contributed by atoms with Gasteiger partial charge in [0.05, 0.1) is 23.6 Å². The van der Waals surface area contributed by atoms with E-state index in [1.54, 1.807) is 0 Å². The summed E-state index contributed by atoms with van der Waals surface area (Å²) in [5, 5.41) is 7.66. The topological polar surface area (TPSA) is 85.1 Å². The molecule has 3 heterocycles. The average molecular weight is 508 g/mol. The summed E-state index contributed by atoms with van der Waals surface area (Å²) in [6.07, 6.45) is 1.77. The fraction of sp³-hybridized carbons (Fsp3) is 0.560. The number of anilines is 2. The predicted octanol–water partition coefficient (Wildman–Crippen LogP) is 6.39. The number of furan rings is 1. The summed E-state index contributed by atoms with van der Waals surface area (Å²) in [4.78, 5) is 13.9. The smallest absolute Gasteiger partial charge is 0.241 e. The summed E-state index contributed by atoms with van der Waals surface area (Å²) >= 11 is 0. The normalized spacial score (nSPS) is 19.7. The average Bonchev–Trinajstić information content (AvgIpc) is 3.32. The number of rotatable bonds is 9. The van der Waals surface area contributed by atoms with Crippen molar-refractivity contribution in [2.45, 2.75) is 65.3 Å². The first kappa shape index (κ1) is 25.4. The van der Waals surface area contributed by atoms with E-state index >= 15 is 0 Å². The lowest BCUT2D eigenvalue weighted by atomic mass is 10.1. The molecule has 0 bridgehead atoms. The number of nitrogens with one attached hydrogen (secondary N) is 2. The number of ether oxygens (including phenoxy) is 1. The van der Waals surface area contributed by atoms with Crippen molar-refractivity contribution in [3.8, 4) is 17.2 Å². The van der Waals surface area contributed by atoms with Crippen LogP contribution in [0, 0.1) is 25.7 Å². The van der Waals surface area contributed by atoms with E-state index in [0.29, 0.717) is 60.8 Å². The Labute approximate surface area is 209 Å². The lowest BCUT2D eigenvalue weighted by Crippen LogP contribution is -2.20. The summed E-state index contributed by atoms with van der Waals surface area (Å²) in [5.74, 6) is 2.42. The van der Waals surface area contributed by atoms with Crippen LogP contribution in [0.3, 0.4) is 0 Å². The first-order chi connectivity index (χ1) is 16.4. The van der Waals surface area contributed by atoms with Crippen LogP contribution >= 0.6 is 12.4 Å². The number of fused-ring (bicyclic) bond motifs is 1. The molecule has 0 saturated heterocycles. The van der Waals surface area contributed by atoms with Gasteiger partial charge in [-0.05, 0) is 64.9 Å². The highest BCUT2D eigenvalue weighted by molar-refractivity contribution is 5.88. The Kier molecular flexibility index (Phi) is 7.64. The second kappa shape index (κ2) is 10.5. The van der Waals surface area contributed by atoms with Crippen LogP contribution in [0.2, 0.25) is 0 Å². The predicted molar refractivity (Wildman–Crippen MR) is 135 cm³/mol. The van der Waals surface area contributed by atoms with E-state index in [1.165, 1.54) is 12.8 Å². The summed E-state index contributed by atoms with van der Waals surface area (Å²) in [6.45, 7) is 7.09. The number of nitrogens with zero attached hydrogens (tertiary/aromatic N) is 3. The molecule has 0 spiro atoms. The Morgan fingerprint density at radius 2 is 1.89 bits per heavy atom. The van der Waals surface area contributed by atoms with Crippen molar-refractivity contribution in [2.24, 2.45) is 11.8 Å². The van der Waals surface area contributed by atoms with Crippen molar-refractivity contribution in [1.29, 1.82) is 0 Å². The maximum atomic E-state index is 13.3. The molecule has 2 aliphatic carbocycles. The molecule has 2 atom stereocenters. The molecular weight excluding hydrogens is 476 g/mol. The third kappa shape index (κ3) is 5.60. The van der Waals surface area contributed by atoms with E-state index in [-0.39, 0.29) is 18.4 Å². The third-order valence-corrected chi connectivity index (χ3v) is 6.69. The number of hydrogen-bond donors (Lipinski definition) is 2. The molecule has 2 unspecified atom stereocenters. The molecule has 5 rings (SSSR count). The van der Waals surface area contributed by atoms with Crippen molar-refractivity contribution >= 4 is 35.1 Å². The Morgan fingerprint density at radius 3 is 2.57 bits per heavy atom. The van der Waals surface area contributed by atoms with Gasteiger partial charge in [0.15, 0.2) is 5.58 Å². The van der Waals surface area contributed by atoms with Crippen LogP contribution in [-0.4, -0.2) is 40.6 Å². The minimum absolute atomic E-state index is 0. The van der Waals surface area contributed by atoms with Crippen molar-refractivity contribution in [3.63, 3.8) is 0 Å². The second-order valence-electron chi connectivity index (χ2n) is 9.44. The van der Waals surface area contributed by atoms with Crippen LogP contribution in [0.4, 0.5) is 20.5 Å². The molecule has 190 valence electrons. The lowest BCUT2D eigenvalue weighted by Gasteiger charge is -2.18. The summed E-state index contributed by atoms with van der Waals surface area (Å²) in [6, 6.07) is 3.73. The number of aryl methyl sites for hydroxylation is 2. The van der Waals surface area contributed by atoms with Gasteiger partial charge in [0.25, 0.3) is 0 Å². The van der Waals surface area contributed by atoms with E-state index < -0.39 is 12.3 Å². The standard InChI is InChI=1S/C25H31F2N5O2.ClH/c1-4-33-20-11-17-10-19(34-22(17)14(3)29-20)21-13(2)30-25(28-12-15-5-6-15)32-24(21)31-18-8-7-16(9-18)23(26)27;/h10-11,15-16,18,23H,4-9,12H2,1-3H3,(H2,28,30,31,32);1H. The third-order valence-electron chi connectivity index (χ3n) is 6.69. The minimum Gasteiger partial charge on any atom is -0.478 e. The molecule has 3 aromatic heterocycles. The zero-order chi connectivity index (χ0) is 23.8. The second-order valence-corrected chi connectivity index (χ2v) is 9.44. The number of halogens is 3. The Hall–Kier alpha value is -2.68. The summed E-state index contributed by atoms with van der Waals surface area (Å²) in [7, 11) is 0. The quantitative estimate of drug-likeness (QED) is 0.347. The Balaban J connectivity index is 0.00000289. The molecular formula is C25H32ClF2N5O2. The van der Waals surface area contributed by atoms with Gasteiger partial charge >= 0.3 is 0 Å². The molecule has 0 amide bonds. The van der Waals surface area contributed by atoms with E-state index in [0.717, 1.165) is 28.9 Å². The molecule has 2 saturated carbocycles. The summed E-state index contributed by atoms with van der Waals surface area (Å²) < 4.78 is 38.3. The zero-order valence-corrected chi connectivity index (χ0v) is 21.1. The number of alkyl halides is 2. The van der Waals surface area contributed by atoms with Crippen LogP contribution in [0.5, 0.6) is 5.88 Å². The molecule has 2 fully saturated rings. The van der Waals surface area contributed by atoms with Gasteiger partial charge in [-0.3, -0.25) is 0 Å². The van der Waals surface area contributed by atoms with Gasteiger partial charge in [-0.1, -0.05) is 0 Å². The van der Waals surface area contributed by atoms with Crippen molar-refractivity contribution in [2.75, 3.05) is 23.8 Å². The Bertz CT molecular complexity index is 1180. The molecule has 0 radical (unpaired) electrons. The van der Waals surface area contributed by atoms with E-state index in [2.05, 4.69) is 20.6 Å². The SMILES string of the molecule is CCOc1cc2cc(-c3c(C)nc(NCC4CC4)nc3NC3CCC(C(F)F)C3)oc2c(C)n1.Cl. The molecule has 0 aliphatic heterocycles. The van der Waals surface area contributed by atoms with Crippen molar-refractivity contribution in [1.82, 2.24) is 15.0 Å². The summed E-state index contributed by atoms with van der Waals surface area (Å²) in [5.41, 5.74) is 2.91. The van der Waals surface area contributed by atoms with Crippen LogP contribution in [-0.2, 0) is 0 Å². The molecule has 2 aliphatic rings. The molecule has 0 aromatic carbocycles.